The van der Waals surface area contributed by atoms with Gasteiger partial charge < -0.3 is 9.55 Å². The van der Waals surface area contributed by atoms with Gasteiger partial charge in [0.1, 0.15) is 5.52 Å². The summed E-state index contributed by atoms with van der Waals surface area (Å²) in [6.45, 7) is 2.83. The average molecular weight is 224 g/mol. The third-order valence-corrected chi connectivity index (χ3v) is 2.85. The van der Waals surface area contributed by atoms with E-state index in [2.05, 4.69) is 16.9 Å². The van der Waals surface area contributed by atoms with Crippen molar-refractivity contribution in [3.63, 3.8) is 0 Å². The maximum Gasteiger partial charge on any atom is 0.280 e. The summed E-state index contributed by atoms with van der Waals surface area (Å²) in [5.74, 6) is 0. The fraction of sp³-hybridized carbons (Fsp3) is 0.444. The van der Waals surface area contributed by atoms with Gasteiger partial charge in [-0.3, -0.25) is 9.36 Å². The molecule has 5 nitrogen and oxygen atoms in total. The molecular weight excluding hydrogens is 212 g/mol. The molecule has 2 rings (SSSR count). The zero-order valence-corrected chi connectivity index (χ0v) is 9.47. The maximum atomic E-state index is 11.8. The molecule has 2 heterocycles. The van der Waals surface area contributed by atoms with Crippen molar-refractivity contribution in [2.24, 2.45) is 7.05 Å². The van der Waals surface area contributed by atoms with Gasteiger partial charge in [0, 0.05) is 13.6 Å². The van der Waals surface area contributed by atoms with Crippen LogP contribution >= 0.6 is 12.2 Å². The van der Waals surface area contributed by atoms with Crippen LogP contribution in [0.25, 0.3) is 11.2 Å². The molecule has 0 aromatic carbocycles. The van der Waals surface area contributed by atoms with E-state index in [0.29, 0.717) is 15.9 Å². The van der Waals surface area contributed by atoms with Gasteiger partial charge in [0.15, 0.2) is 10.4 Å². The van der Waals surface area contributed by atoms with Gasteiger partial charge in [0.05, 0.1) is 6.33 Å². The Bertz CT molecular complexity index is 607. The van der Waals surface area contributed by atoms with Crippen molar-refractivity contribution < 1.29 is 0 Å². The Labute approximate surface area is 91.4 Å². The van der Waals surface area contributed by atoms with Crippen LogP contribution < -0.4 is 5.56 Å². The van der Waals surface area contributed by atoms with E-state index in [1.54, 1.807) is 7.05 Å². The van der Waals surface area contributed by atoms with Crippen molar-refractivity contribution in [1.82, 2.24) is 19.1 Å². The van der Waals surface area contributed by atoms with Crippen molar-refractivity contribution in [2.75, 3.05) is 0 Å². The molecule has 0 saturated carbocycles. The molecule has 0 bridgehead atoms. The molecule has 15 heavy (non-hydrogen) atoms. The molecule has 0 aliphatic rings. The zero-order valence-electron chi connectivity index (χ0n) is 8.65. The summed E-state index contributed by atoms with van der Waals surface area (Å²) in [5, 5.41) is 0. The van der Waals surface area contributed by atoms with Gasteiger partial charge in [-0.05, 0) is 18.6 Å². The summed E-state index contributed by atoms with van der Waals surface area (Å²) in [6.07, 6.45) is 2.47. The van der Waals surface area contributed by atoms with Crippen LogP contribution in [-0.2, 0) is 13.6 Å². The Hall–Kier alpha value is -1.43. The molecule has 0 spiro atoms. The topological polar surface area (TPSA) is 55.6 Å². The van der Waals surface area contributed by atoms with Crippen molar-refractivity contribution in [3.8, 4) is 0 Å². The first-order valence-electron chi connectivity index (χ1n) is 4.79. The monoisotopic (exact) mass is 224 g/mol. The van der Waals surface area contributed by atoms with Crippen molar-refractivity contribution in [3.05, 3.63) is 21.5 Å². The van der Waals surface area contributed by atoms with Crippen molar-refractivity contribution in [1.29, 1.82) is 0 Å². The number of aromatic amines is 1. The van der Waals surface area contributed by atoms with E-state index in [1.165, 1.54) is 10.9 Å². The normalized spacial score (nSPS) is 11.1. The summed E-state index contributed by atoms with van der Waals surface area (Å²) in [7, 11) is 1.68. The summed E-state index contributed by atoms with van der Waals surface area (Å²) in [4.78, 5) is 18.7. The van der Waals surface area contributed by atoms with E-state index in [4.69, 9.17) is 12.2 Å². The molecule has 0 unspecified atom stereocenters. The Morgan fingerprint density at radius 2 is 2.33 bits per heavy atom. The molecule has 0 aliphatic carbocycles. The number of nitrogens with zero attached hydrogens (tertiary/aromatic N) is 3. The first kappa shape index (κ1) is 10.1. The lowest BCUT2D eigenvalue weighted by Gasteiger charge is -2.08. The number of rotatable bonds is 2. The Morgan fingerprint density at radius 3 is 3.00 bits per heavy atom. The number of aromatic nitrogens is 4. The van der Waals surface area contributed by atoms with Gasteiger partial charge in [-0.1, -0.05) is 6.92 Å². The molecule has 2 aromatic heterocycles. The SMILES string of the molecule is CCCn1c(=S)n(C)c(=O)c2[nH]cnc21. The Kier molecular flexibility index (Phi) is 2.44. The highest BCUT2D eigenvalue weighted by molar-refractivity contribution is 7.71. The third-order valence-electron chi connectivity index (χ3n) is 2.36. The lowest BCUT2D eigenvalue weighted by Crippen LogP contribution is -2.23. The second kappa shape index (κ2) is 3.62. The molecule has 0 fully saturated rings. The van der Waals surface area contributed by atoms with Crippen LogP contribution in [0, 0.1) is 4.77 Å². The first-order chi connectivity index (χ1) is 7.16. The van der Waals surface area contributed by atoms with E-state index >= 15 is 0 Å². The predicted octanol–water partition coefficient (Wildman–Crippen LogP) is 1.20. The van der Waals surface area contributed by atoms with Gasteiger partial charge in [-0.15, -0.1) is 0 Å². The molecule has 2 aromatic rings. The van der Waals surface area contributed by atoms with Crippen LogP contribution in [0.4, 0.5) is 0 Å². The van der Waals surface area contributed by atoms with Crippen LogP contribution in [0.5, 0.6) is 0 Å². The van der Waals surface area contributed by atoms with E-state index in [1.807, 2.05) is 4.57 Å². The summed E-state index contributed by atoms with van der Waals surface area (Å²) in [5.41, 5.74) is 1.03. The second-order valence-corrected chi connectivity index (χ2v) is 3.76. The van der Waals surface area contributed by atoms with Gasteiger partial charge in [0.2, 0.25) is 0 Å². The molecule has 80 valence electrons. The Balaban J connectivity index is 2.95. The lowest BCUT2D eigenvalue weighted by atomic mass is 10.4. The average Bonchev–Trinajstić information content (AvgIpc) is 2.70. The van der Waals surface area contributed by atoms with Crippen molar-refractivity contribution in [2.45, 2.75) is 19.9 Å². The molecule has 0 radical (unpaired) electrons. The van der Waals surface area contributed by atoms with Crippen LogP contribution in [-0.4, -0.2) is 19.1 Å². The number of imidazole rings is 1. The largest absolute Gasteiger partial charge is 0.339 e. The standard InChI is InChI=1S/C9H12N4OS/c1-3-4-13-7-6(10-5-11-7)8(14)12(2)9(13)15/h5H,3-4H2,1-2H3,(H,10,11). The minimum absolute atomic E-state index is 0.125. The number of fused-ring (bicyclic) bond motifs is 1. The van der Waals surface area contributed by atoms with Crippen LogP contribution in [0.3, 0.4) is 0 Å². The number of nitrogens with one attached hydrogen (secondary N) is 1. The molecular formula is C9H12N4OS. The highest BCUT2D eigenvalue weighted by Crippen LogP contribution is 2.06. The lowest BCUT2D eigenvalue weighted by molar-refractivity contribution is 0.632. The quantitative estimate of drug-likeness (QED) is 0.780. The molecule has 0 amide bonds. The highest BCUT2D eigenvalue weighted by Gasteiger charge is 2.09. The fourth-order valence-corrected chi connectivity index (χ4v) is 1.86. The molecule has 6 heteroatoms. The number of aryl methyl sites for hydroxylation is 1. The maximum absolute atomic E-state index is 11.8. The third kappa shape index (κ3) is 1.41. The smallest absolute Gasteiger partial charge is 0.280 e. The number of hydrogen-bond donors (Lipinski definition) is 1. The molecule has 0 atom stereocenters. The van der Waals surface area contributed by atoms with Gasteiger partial charge >= 0.3 is 0 Å². The zero-order chi connectivity index (χ0) is 11.0. The summed E-state index contributed by atoms with van der Waals surface area (Å²) in [6, 6.07) is 0. The van der Waals surface area contributed by atoms with E-state index < -0.39 is 0 Å². The van der Waals surface area contributed by atoms with Gasteiger partial charge in [-0.2, -0.15) is 0 Å². The molecule has 1 N–H and O–H groups in total. The first-order valence-corrected chi connectivity index (χ1v) is 5.20. The van der Waals surface area contributed by atoms with E-state index in [-0.39, 0.29) is 5.56 Å². The second-order valence-electron chi connectivity index (χ2n) is 3.40. The number of hydrogen-bond acceptors (Lipinski definition) is 3. The molecule has 0 aliphatic heterocycles. The Morgan fingerprint density at radius 1 is 1.60 bits per heavy atom. The number of H-pyrrole nitrogens is 1. The summed E-state index contributed by atoms with van der Waals surface area (Å²) < 4.78 is 3.86. The minimum atomic E-state index is -0.125. The predicted molar refractivity (Wildman–Crippen MR) is 60.4 cm³/mol. The summed E-state index contributed by atoms with van der Waals surface area (Å²) >= 11 is 5.21. The minimum Gasteiger partial charge on any atom is -0.339 e. The highest BCUT2D eigenvalue weighted by atomic mass is 32.1. The van der Waals surface area contributed by atoms with Crippen molar-refractivity contribution >= 4 is 23.4 Å². The van der Waals surface area contributed by atoms with E-state index in [0.717, 1.165) is 13.0 Å². The van der Waals surface area contributed by atoms with Crippen LogP contribution in [0.2, 0.25) is 0 Å². The van der Waals surface area contributed by atoms with Gasteiger partial charge in [-0.25, -0.2) is 4.98 Å². The fourth-order valence-electron chi connectivity index (χ4n) is 1.60. The molecule has 0 saturated heterocycles. The van der Waals surface area contributed by atoms with Crippen LogP contribution in [0.1, 0.15) is 13.3 Å². The van der Waals surface area contributed by atoms with Crippen LogP contribution in [0.15, 0.2) is 11.1 Å². The van der Waals surface area contributed by atoms with Gasteiger partial charge in [0.25, 0.3) is 5.56 Å². The van der Waals surface area contributed by atoms with E-state index in [9.17, 15) is 4.79 Å².